The fourth-order valence-corrected chi connectivity index (χ4v) is 4.33. The second-order valence-corrected chi connectivity index (χ2v) is 7.20. The van der Waals surface area contributed by atoms with Crippen LogP contribution in [0.4, 0.5) is 0 Å². The summed E-state index contributed by atoms with van der Waals surface area (Å²) in [4.78, 5) is 0. The predicted octanol–water partition coefficient (Wildman–Crippen LogP) is 3.04. The minimum atomic E-state index is -3.21. The van der Waals surface area contributed by atoms with E-state index in [9.17, 15) is 8.42 Å². The molecule has 1 atom stereocenters. The fourth-order valence-electron chi connectivity index (χ4n) is 2.36. The molecule has 0 N–H and O–H groups in total. The molecule has 1 heterocycles. The van der Waals surface area contributed by atoms with Crippen LogP contribution in [0.5, 0.6) is 0 Å². The van der Waals surface area contributed by atoms with Gasteiger partial charge in [0.2, 0.25) is 10.0 Å². The number of sulfonamides is 1. The monoisotopic (exact) mass is 287 g/mol. The van der Waals surface area contributed by atoms with Crippen molar-refractivity contribution in [1.82, 2.24) is 4.31 Å². The Bertz CT molecular complexity index is 498. The molecule has 18 heavy (non-hydrogen) atoms. The summed E-state index contributed by atoms with van der Waals surface area (Å²) in [6.45, 7) is 2.63. The maximum absolute atomic E-state index is 12.3. The van der Waals surface area contributed by atoms with Crippen molar-refractivity contribution in [3.63, 3.8) is 0 Å². The van der Waals surface area contributed by atoms with Crippen molar-refractivity contribution >= 4 is 21.6 Å². The number of piperidine rings is 1. The Morgan fingerprint density at radius 3 is 2.56 bits per heavy atom. The summed E-state index contributed by atoms with van der Waals surface area (Å²) >= 11 is 5.79. The Balaban J connectivity index is 2.13. The third-order valence-electron chi connectivity index (χ3n) is 3.36. The van der Waals surface area contributed by atoms with Crippen molar-refractivity contribution in [2.24, 2.45) is 0 Å². The SMILES string of the molecule is C[C@H]1CCCCN1S(=O)(=O)Cc1ccc(Cl)cc1. The number of halogens is 1. The number of hydrogen-bond acceptors (Lipinski definition) is 2. The van der Waals surface area contributed by atoms with Crippen molar-refractivity contribution < 1.29 is 8.42 Å². The molecular weight excluding hydrogens is 270 g/mol. The molecule has 0 amide bonds. The second-order valence-electron chi connectivity index (χ2n) is 4.84. The maximum Gasteiger partial charge on any atom is 0.218 e. The van der Waals surface area contributed by atoms with Gasteiger partial charge >= 0.3 is 0 Å². The van der Waals surface area contributed by atoms with Gasteiger partial charge in [-0.3, -0.25) is 0 Å². The smallest absolute Gasteiger partial charge is 0.212 e. The molecule has 0 radical (unpaired) electrons. The molecule has 1 aromatic rings. The van der Waals surface area contributed by atoms with Crippen molar-refractivity contribution in [3.8, 4) is 0 Å². The zero-order valence-electron chi connectivity index (χ0n) is 10.5. The highest BCUT2D eigenvalue weighted by Crippen LogP contribution is 2.22. The summed E-state index contributed by atoms with van der Waals surface area (Å²) in [7, 11) is -3.21. The molecule has 5 heteroatoms. The van der Waals surface area contributed by atoms with Crippen molar-refractivity contribution in [1.29, 1.82) is 0 Å². The Hall–Kier alpha value is -0.580. The standard InChI is InChI=1S/C13H18ClNO2S/c1-11-4-2-3-9-15(11)18(16,17)10-12-5-7-13(14)8-6-12/h5-8,11H,2-4,9-10H2,1H3/t11-/m0/s1. The van der Waals surface area contributed by atoms with Gasteiger partial charge in [-0.15, -0.1) is 0 Å². The van der Waals surface area contributed by atoms with Gasteiger partial charge < -0.3 is 0 Å². The van der Waals surface area contributed by atoms with E-state index in [2.05, 4.69) is 0 Å². The van der Waals surface area contributed by atoms with Gasteiger partial charge in [0.1, 0.15) is 0 Å². The Morgan fingerprint density at radius 2 is 1.94 bits per heavy atom. The van der Waals surface area contributed by atoms with E-state index in [1.807, 2.05) is 6.92 Å². The molecular formula is C13H18ClNO2S. The van der Waals surface area contributed by atoms with Crippen LogP contribution in [0.15, 0.2) is 24.3 Å². The van der Waals surface area contributed by atoms with E-state index < -0.39 is 10.0 Å². The molecule has 100 valence electrons. The quantitative estimate of drug-likeness (QED) is 0.857. The summed E-state index contributed by atoms with van der Waals surface area (Å²) in [6, 6.07) is 7.12. The predicted molar refractivity (Wildman–Crippen MR) is 74.1 cm³/mol. The molecule has 0 aliphatic carbocycles. The van der Waals surface area contributed by atoms with Crippen LogP contribution in [0.3, 0.4) is 0 Å². The number of rotatable bonds is 3. The average molecular weight is 288 g/mol. The zero-order valence-corrected chi connectivity index (χ0v) is 12.0. The molecule has 0 saturated carbocycles. The summed E-state index contributed by atoms with van der Waals surface area (Å²) in [5, 5.41) is 0.627. The van der Waals surface area contributed by atoms with Crippen LogP contribution in [0, 0.1) is 0 Å². The van der Waals surface area contributed by atoms with Crippen LogP contribution >= 0.6 is 11.6 Å². The molecule has 1 aliphatic heterocycles. The van der Waals surface area contributed by atoms with E-state index in [1.54, 1.807) is 28.6 Å². The average Bonchev–Trinajstić information content (AvgIpc) is 2.32. The first-order chi connectivity index (χ1) is 8.49. The molecule has 2 rings (SSSR count). The molecule has 0 bridgehead atoms. The van der Waals surface area contributed by atoms with Gasteiger partial charge in [-0.2, -0.15) is 4.31 Å². The van der Waals surface area contributed by atoms with Gasteiger partial charge in [-0.1, -0.05) is 30.2 Å². The molecule has 1 aliphatic rings. The minimum Gasteiger partial charge on any atom is -0.212 e. The minimum absolute atomic E-state index is 0.0640. The molecule has 1 fully saturated rings. The van der Waals surface area contributed by atoms with Crippen LogP contribution in [-0.4, -0.2) is 25.3 Å². The van der Waals surface area contributed by atoms with E-state index in [1.165, 1.54) is 0 Å². The lowest BCUT2D eigenvalue weighted by Crippen LogP contribution is -2.42. The lowest BCUT2D eigenvalue weighted by Gasteiger charge is -2.32. The van der Waals surface area contributed by atoms with Gasteiger partial charge in [0.15, 0.2) is 0 Å². The van der Waals surface area contributed by atoms with Crippen molar-refractivity contribution in [3.05, 3.63) is 34.9 Å². The Morgan fingerprint density at radius 1 is 1.28 bits per heavy atom. The highest BCUT2D eigenvalue weighted by atomic mass is 35.5. The molecule has 0 spiro atoms. The lowest BCUT2D eigenvalue weighted by molar-refractivity contribution is 0.268. The summed E-state index contributed by atoms with van der Waals surface area (Å²) in [5.41, 5.74) is 0.789. The van der Waals surface area contributed by atoms with Gasteiger partial charge in [-0.25, -0.2) is 8.42 Å². The van der Waals surface area contributed by atoms with E-state index in [4.69, 9.17) is 11.6 Å². The zero-order chi connectivity index (χ0) is 13.2. The molecule has 0 aromatic heterocycles. The topological polar surface area (TPSA) is 37.4 Å². The highest BCUT2D eigenvalue weighted by Gasteiger charge is 2.29. The van der Waals surface area contributed by atoms with Crippen molar-refractivity contribution in [2.45, 2.75) is 38.0 Å². The summed E-state index contributed by atoms with van der Waals surface area (Å²) in [5.74, 6) is 0.0640. The van der Waals surface area contributed by atoms with Gasteiger partial charge in [0.05, 0.1) is 5.75 Å². The Kier molecular flexibility index (Phi) is 4.30. The van der Waals surface area contributed by atoms with Gasteiger partial charge in [0.25, 0.3) is 0 Å². The van der Waals surface area contributed by atoms with Crippen molar-refractivity contribution in [2.75, 3.05) is 6.54 Å². The van der Waals surface area contributed by atoms with E-state index >= 15 is 0 Å². The highest BCUT2D eigenvalue weighted by molar-refractivity contribution is 7.88. The Labute approximate surface area is 114 Å². The molecule has 1 aromatic carbocycles. The summed E-state index contributed by atoms with van der Waals surface area (Å²) < 4.78 is 26.3. The molecule has 0 unspecified atom stereocenters. The number of hydrogen-bond donors (Lipinski definition) is 0. The first kappa shape index (κ1) is 13.8. The van der Waals surface area contributed by atoms with Gasteiger partial charge in [-0.05, 0) is 37.5 Å². The molecule has 3 nitrogen and oxygen atoms in total. The fraction of sp³-hybridized carbons (Fsp3) is 0.538. The third-order valence-corrected chi connectivity index (χ3v) is 5.57. The van der Waals surface area contributed by atoms with Crippen LogP contribution in [0.25, 0.3) is 0 Å². The van der Waals surface area contributed by atoms with Crippen LogP contribution in [0.2, 0.25) is 5.02 Å². The van der Waals surface area contributed by atoms with Crippen LogP contribution in [-0.2, 0) is 15.8 Å². The van der Waals surface area contributed by atoms with Crippen LogP contribution < -0.4 is 0 Å². The van der Waals surface area contributed by atoms with E-state index in [0.29, 0.717) is 11.6 Å². The largest absolute Gasteiger partial charge is 0.218 e. The number of nitrogens with zero attached hydrogens (tertiary/aromatic N) is 1. The molecule has 1 saturated heterocycles. The maximum atomic E-state index is 12.3. The van der Waals surface area contributed by atoms with E-state index in [0.717, 1.165) is 24.8 Å². The normalized spacial score (nSPS) is 22.0. The van der Waals surface area contributed by atoms with E-state index in [-0.39, 0.29) is 11.8 Å². The number of benzene rings is 1. The third kappa shape index (κ3) is 3.25. The first-order valence-electron chi connectivity index (χ1n) is 6.23. The summed E-state index contributed by atoms with van der Waals surface area (Å²) in [6.07, 6.45) is 3.04. The lowest BCUT2D eigenvalue weighted by atomic mass is 10.1. The first-order valence-corrected chi connectivity index (χ1v) is 8.22. The second kappa shape index (κ2) is 5.59. The van der Waals surface area contributed by atoms with Gasteiger partial charge in [0, 0.05) is 17.6 Å². The van der Waals surface area contributed by atoms with Crippen LogP contribution in [0.1, 0.15) is 31.7 Å².